The fraction of sp³-hybridized carbons (Fsp3) is 0.200. The molecule has 0 spiro atoms. The third kappa shape index (κ3) is 5.62. The lowest BCUT2D eigenvalue weighted by Crippen LogP contribution is -2.36. The zero-order valence-corrected chi connectivity index (χ0v) is 13.8. The molecule has 0 bridgehead atoms. The van der Waals surface area contributed by atoms with Crippen LogP contribution in [0.15, 0.2) is 66.8 Å². The van der Waals surface area contributed by atoms with E-state index in [4.69, 9.17) is 0 Å². The van der Waals surface area contributed by atoms with E-state index in [-0.39, 0.29) is 17.4 Å². The quantitative estimate of drug-likeness (QED) is 0.433. The van der Waals surface area contributed by atoms with Gasteiger partial charge in [-0.2, -0.15) is 5.26 Å². The molecule has 1 aromatic rings. The SMILES string of the molecule is C=C/C=C(\C=C)[C@H](CCC)NC(=O)/C(C#N)=C/c1ccc(O)cc1. The lowest BCUT2D eigenvalue weighted by molar-refractivity contribution is -0.117. The summed E-state index contributed by atoms with van der Waals surface area (Å²) in [5, 5.41) is 21.4. The average molecular weight is 322 g/mol. The van der Waals surface area contributed by atoms with Gasteiger partial charge in [0.05, 0.1) is 6.04 Å². The lowest BCUT2D eigenvalue weighted by atomic mass is 10.0. The van der Waals surface area contributed by atoms with Crippen LogP contribution in [0, 0.1) is 11.3 Å². The first-order valence-electron chi connectivity index (χ1n) is 7.72. The molecule has 1 aromatic carbocycles. The molecular weight excluding hydrogens is 300 g/mol. The number of amides is 1. The summed E-state index contributed by atoms with van der Waals surface area (Å²) >= 11 is 0. The zero-order valence-electron chi connectivity index (χ0n) is 13.8. The first-order chi connectivity index (χ1) is 11.5. The fourth-order valence-electron chi connectivity index (χ4n) is 2.20. The molecule has 0 aliphatic rings. The van der Waals surface area contributed by atoms with Crippen LogP contribution < -0.4 is 5.32 Å². The number of phenolic OH excluding ortho intramolecular Hbond substituents is 1. The van der Waals surface area contributed by atoms with E-state index in [1.54, 1.807) is 30.4 Å². The van der Waals surface area contributed by atoms with Crippen molar-refractivity contribution in [1.82, 2.24) is 5.32 Å². The van der Waals surface area contributed by atoms with Crippen molar-refractivity contribution in [2.75, 3.05) is 0 Å². The van der Waals surface area contributed by atoms with Crippen LogP contribution in [0.25, 0.3) is 6.08 Å². The molecule has 1 rings (SSSR count). The highest BCUT2D eigenvalue weighted by atomic mass is 16.3. The van der Waals surface area contributed by atoms with E-state index in [0.29, 0.717) is 5.56 Å². The predicted octanol–water partition coefficient (Wildman–Crippen LogP) is 3.88. The second-order valence-corrected chi connectivity index (χ2v) is 5.18. The van der Waals surface area contributed by atoms with Gasteiger partial charge in [0.2, 0.25) is 0 Å². The minimum Gasteiger partial charge on any atom is -0.508 e. The van der Waals surface area contributed by atoms with Crippen LogP contribution in [-0.2, 0) is 4.79 Å². The maximum Gasteiger partial charge on any atom is 0.262 e. The van der Waals surface area contributed by atoms with Crippen molar-refractivity contribution in [2.24, 2.45) is 0 Å². The van der Waals surface area contributed by atoms with Gasteiger partial charge in [-0.15, -0.1) is 0 Å². The molecule has 0 aliphatic carbocycles. The Kier molecular flexibility index (Phi) is 7.80. The van der Waals surface area contributed by atoms with Gasteiger partial charge in [-0.25, -0.2) is 0 Å². The number of hydrogen-bond donors (Lipinski definition) is 2. The summed E-state index contributed by atoms with van der Waals surface area (Å²) in [6.07, 6.45) is 8.21. The van der Waals surface area contributed by atoms with Crippen molar-refractivity contribution in [3.8, 4) is 11.8 Å². The molecule has 4 nitrogen and oxygen atoms in total. The Bertz CT molecular complexity index is 691. The average Bonchev–Trinajstić information content (AvgIpc) is 2.58. The molecule has 1 atom stereocenters. The van der Waals surface area contributed by atoms with Gasteiger partial charge in [-0.1, -0.05) is 56.9 Å². The monoisotopic (exact) mass is 322 g/mol. The fourth-order valence-corrected chi connectivity index (χ4v) is 2.20. The molecule has 0 saturated heterocycles. The molecule has 4 heteroatoms. The van der Waals surface area contributed by atoms with E-state index in [1.807, 2.05) is 13.0 Å². The summed E-state index contributed by atoms with van der Waals surface area (Å²) in [5.41, 5.74) is 1.52. The Labute approximate surface area is 143 Å². The number of nitrogens with one attached hydrogen (secondary N) is 1. The number of carbonyl (C=O) groups excluding carboxylic acids is 1. The van der Waals surface area contributed by atoms with E-state index < -0.39 is 5.91 Å². The number of nitriles is 1. The van der Waals surface area contributed by atoms with Gasteiger partial charge < -0.3 is 10.4 Å². The van der Waals surface area contributed by atoms with Gasteiger partial charge >= 0.3 is 0 Å². The summed E-state index contributed by atoms with van der Waals surface area (Å²) in [6, 6.07) is 7.97. The summed E-state index contributed by atoms with van der Waals surface area (Å²) in [7, 11) is 0. The highest BCUT2D eigenvalue weighted by molar-refractivity contribution is 6.02. The molecule has 0 unspecified atom stereocenters. The highest BCUT2D eigenvalue weighted by Crippen LogP contribution is 2.15. The summed E-state index contributed by atoms with van der Waals surface area (Å²) in [6.45, 7) is 9.44. The molecular formula is C20H22N2O2. The predicted molar refractivity (Wildman–Crippen MR) is 97.0 cm³/mol. The minimum absolute atomic E-state index is 0.00353. The number of carbonyl (C=O) groups is 1. The second-order valence-electron chi connectivity index (χ2n) is 5.18. The van der Waals surface area contributed by atoms with Crippen LogP contribution in [0.3, 0.4) is 0 Å². The van der Waals surface area contributed by atoms with Crippen LogP contribution in [0.2, 0.25) is 0 Å². The molecule has 0 heterocycles. The van der Waals surface area contributed by atoms with Crippen LogP contribution >= 0.6 is 0 Å². The lowest BCUT2D eigenvalue weighted by Gasteiger charge is -2.19. The summed E-state index contributed by atoms with van der Waals surface area (Å²) in [4.78, 5) is 12.4. The Balaban J connectivity index is 3.01. The minimum atomic E-state index is -0.444. The first-order valence-corrected chi connectivity index (χ1v) is 7.72. The number of aromatic hydroxyl groups is 1. The molecule has 124 valence electrons. The van der Waals surface area contributed by atoms with Gasteiger partial charge in [0.1, 0.15) is 17.4 Å². The smallest absolute Gasteiger partial charge is 0.262 e. The molecule has 0 aliphatic heterocycles. The van der Waals surface area contributed by atoms with Gasteiger partial charge in [0.25, 0.3) is 5.91 Å². The molecule has 24 heavy (non-hydrogen) atoms. The third-order valence-electron chi connectivity index (χ3n) is 3.40. The van der Waals surface area contributed by atoms with E-state index in [9.17, 15) is 15.2 Å². The summed E-state index contributed by atoms with van der Waals surface area (Å²) in [5.74, 6) is -0.316. The molecule has 0 fully saturated rings. The number of phenols is 1. The van der Waals surface area contributed by atoms with Gasteiger partial charge in [-0.3, -0.25) is 4.79 Å². The molecule has 0 radical (unpaired) electrons. The largest absolute Gasteiger partial charge is 0.508 e. The van der Waals surface area contributed by atoms with Crippen LogP contribution in [-0.4, -0.2) is 17.1 Å². The maximum absolute atomic E-state index is 12.4. The van der Waals surface area contributed by atoms with E-state index >= 15 is 0 Å². The number of hydrogen-bond acceptors (Lipinski definition) is 3. The zero-order chi connectivity index (χ0) is 17.9. The van der Waals surface area contributed by atoms with Gasteiger partial charge in [0.15, 0.2) is 0 Å². The Morgan fingerprint density at radius 3 is 2.54 bits per heavy atom. The van der Waals surface area contributed by atoms with Crippen LogP contribution in [0.1, 0.15) is 25.3 Å². The number of allylic oxidation sites excluding steroid dienone is 2. The van der Waals surface area contributed by atoms with Crippen molar-refractivity contribution >= 4 is 12.0 Å². The Hall–Kier alpha value is -3.06. The van der Waals surface area contributed by atoms with E-state index in [2.05, 4.69) is 18.5 Å². The number of rotatable bonds is 8. The molecule has 0 saturated carbocycles. The van der Waals surface area contributed by atoms with Gasteiger partial charge in [0, 0.05) is 0 Å². The Morgan fingerprint density at radius 1 is 1.38 bits per heavy atom. The standard InChI is InChI=1S/C20H22N2O2/c1-4-7-16(6-3)19(8-5-2)22-20(24)17(14-21)13-15-9-11-18(23)12-10-15/h4,6-7,9-13,19,23H,1,3,5,8H2,2H3,(H,22,24)/b16-7+,17-13+/t19-/m0/s1. The number of nitrogens with zero attached hydrogens (tertiary/aromatic N) is 1. The second kappa shape index (κ2) is 9.86. The number of benzene rings is 1. The van der Waals surface area contributed by atoms with Crippen molar-refractivity contribution in [2.45, 2.75) is 25.8 Å². The van der Waals surface area contributed by atoms with Crippen molar-refractivity contribution in [3.63, 3.8) is 0 Å². The van der Waals surface area contributed by atoms with Crippen LogP contribution in [0.4, 0.5) is 0 Å². The summed E-state index contributed by atoms with van der Waals surface area (Å²) < 4.78 is 0. The third-order valence-corrected chi connectivity index (χ3v) is 3.40. The highest BCUT2D eigenvalue weighted by Gasteiger charge is 2.17. The van der Waals surface area contributed by atoms with E-state index in [0.717, 1.165) is 18.4 Å². The van der Waals surface area contributed by atoms with Crippen molar-refractivity contribution in [1.29, 1.82) is 5.26 Å². The molecule has 0 aromatic heterocycles. The topological polar surface area (TPSA) is 73.1 Å². The molecule has 1 amide bonds. The normalized spacial score (nSPS) is 12.8. The van der Waals surface area contributed by atoms with E-state index in [1.165, 1.54) is 18.2 Å². The maximum atomic E-state index is 12.4. The van der Waals surface area contributed by atoms with Gasteiger partial charge in [-0.05, 0) is 35.8 Å². The van der Waals surface area contributed by atoms with Crippen molar-refractivity contribution < 1.29 is 9.90 Å². The first kappa shape index (κ1) is 19.0. The van der Waals surface area contributed by atoms with Crippen LogP contribution in [0.5, 0.6) is 5.75 Å². The molecule has 2 N–H and O–H groups in total. The Morgan fingerprint density at radius 2 is 2.04 bits per heavy atom. The van der Waals surface area contributed by atoms with Crippen molar-refractivity contribution in [3.05, 3.63) is 72.4 Å².